The molecule has 5 heteroatoms. The molecule has 1 heterocycles. The van der Waals surface area contributed by atoms with Crippen LogP contribution in [0.1, 0.15) is 20.8 Å². The van der Waals surface area contributed by atoms with Gasteiger partial charge in [0.25, 0.3) is 0 Å². The van der Waals surface area contributed by atoms with E-state index in [9.17, 15) is 0 Å². The summed E-state index contributed by atoms with van der Waals surface area (Å²) in [6, 6.07) is 0. The van der Waals surface area contributed by atoms with Crippen molar-refractivity contribution in [2.24, 2.45) is 0 Å². The molecule has 0 aromatic carbocycles. The molecule has 5 nitrogen and oxygen atoms in total. The van der Waals surface area contributed by atoms with Crippen molar-refractivity contribution in [3.63, 3.8) is 0 Å². The molecular weight excluding hydrogens is 190 g/mol. The number of hydrogen-bond acceptors (Lipinski definition) is 5. The smallest absolute Gasteiger partial charge is 0.244 e. The Labute approximate surface area is 90.0 Å². The molecule has 1 rings (SSSR count). The van der Waals surface area contributed by atoms with E-state index in [1.54, 1.807) is 12.3 Å². The van der Waals surface area contributed by atoms with Crippen LogP contribution in [0.4, 0.5) is 11.8 Å². The van der Waals surface area contributed by atoms with Crippen LogP contribution in [-0.4, -0.2) is 27.3 Å². The van der Waals surface area contributed by atoms with Gasteiger partial charge in [-0.1, -0.05) is 6.08 Å². The van der Waals surface area contributed by atoms with Crippen LogP contribution in [-0.2, 0) is 0 Å². The molecule has 0 spiro atoms. The van der Waals surface area contributed by atoms with E-state index in [1.165, 1.54) is 0 Å². The Hall–Kier alpha value is -1.65. The maximum Gasteiger partial charge on any atom is 0.244 e. The summed E-state index contributed by atoms with van der Waals surface area (Å²) in [6.07, 6.45) is 3.34. The van der Waals surface area contributed by atoms with Gasteiger partial charge >= 0.3 is 0 Å². The van der Waals surface area contributed by atoms with Crippen LogP contribution in [0.15, 0.2) is 18.9 Å². The first-order valence-corrected chi connectivity index (χ1v) is 4.84. The summed E-state index contributed by atoms with van der Waals surface area (Å²) in [5.41, 5.74) is -0.0360. The zero-order valence-corrected chi connectivity index (χ0v) is 9.41. The lowest BCUT2D eigenvalue weighted by atomic mass is 10.1. The molecule has 0 fully saturated rings. The zero-order chi connectivity index (χ0) is 11.3. The number of aromatic nitrogens is 3. The maximum atomic E-state index is 4.25. The van der Waals surface area contributed by atoms with Gasteiger partial charge in [0.15, 0.2) is 5.82 Å². The van der Waals surface area contributed by atoms with Gasteiger partial charge in [0, 0.05) is 12.1 Å². The lowest BCUT2D eigenvalue weighted by Gasteiger charge is -2.20. The fraction of sp³-hybridized carbons (Fsp3) is 0.500. The van der Waals surface area contributed by atoms with E-state index in [0.717, 1.165) is 0 Å². The van der Waals surface area contributed by atoms with E-state index >= 15 is 0 Å². The minimum atomic E-state index is -0.0360. The van der Waals surface area contributed by atoms with Gasteiger partial charge in [0.1, 0.15) is 0 Å². The number of nitrogens with zero attached hydrogens (tertiary/aromatic N) is 3. The van der Waals surface area contributed by atoms with E-state index in [-0.39, 0.29) is 5.54 Å². The van der Waals surface area contributed by atoms with Crippen LogP contribution in [0.3, 0.4) is 0 Å². The third-order valence-electron chi connectivity index (χ3n) is 1.47. The van der Waals surface area contributed by atoms with Crippen LogP contribution in [0.2, 0.25) is 0 Å². The van der Waals surface area contributed by atoms with Crippen LogP contribution < -0.4 is 10.6 Å². The molecule has 0 atom stereocenters. The summed E-state index contributed by atoms with van der Waals surface area (Å²) in [6.45, 7) is 10.4. The van der Waals surface area contributed by atoms with Crippen molar-refractivity contribution in [1.29, 1.82) is 0 Å². The second kappa shape index (κ2) is 4.72. The number of hydrogen-bond donors (Lipinski definition) is 2. The molecule has 0 saturated heterocycles. The fourth-order valence-electron chi connectivity index (χ4n) is 0.986. The van der Waals surface area contributed by atoms with E-state index < -0.39 is 0 Å². The highest BCUT2D eigenvalue weighted by Crippen LogP contribution is 2.11. The van der Waals surface area contributed by atoms with Crippen molar-refractivity contribution in [1.82, 2.24) is 15.2 Å². The number of anilines is 2. The van der Waals surface area contributed by atoms with E-state index in [1.807, 2.05) is 0 Å². The normalized spacial score (nSPS) is 10.9. The molecule has 0 saturated carbocycles. The summed E-state index contributed by atoms with van der Waals surface area (Å²) in [7, 11) is 0. The third kappa shape index (κ3) is 4.39. The lowest BCUT2D eigenvalue weighted by molar-refractivity contribution is 0.629. The molecule has 0 bridgehead atoms. The summed E-state index contributed by atoms with van der Waals surface area (Å²) in [5, 5.41) is 13.9. The molecule has 0 radical (unpaired) electrons. The summed E-state index contributed by atoms with van der Waals surface area (Å²) >= 11 is 0. The molecule has 1 aromatic heterocycles. The highest BCUT2D eigenvalue weighted by atomic mass is 15.3. The largest absolute Gasteiger partial charge is 0.364 e. The predicted molar refractivity (Wildman–Crippen MR) is 61.9 cm³/mol. The molecule has 15 heavy (non-hydrogen) atoms. The van der Waals surface area contributed by atoms with Gasteiger partial charge < -0.3 is 10.6 Å². The minimum absolute atomic E-state index is 0.0360. The minimum Gasteiger partial charge on any atom is -0.364 e. The first kappa shape index (κ1) is 11.4. The Balaban J connectivity index is 2.69. The average molecular weight is 207 g/mol. The highest BCUT2D eigenvalue weighted by Gasteiger charge is 2.10. The molecule has 82 valence electrons. The van der Waals surface area contributed by atoms with Crippen LogP contribution in [0.5, 0.6) is 0 Å². The molecule has 0 aliphatic rings. The van der Waals surface area contributed by atoms with Gasteiger partial charge in [-0.05, 0) is 20.8 Å². The van der Waals surface area contributed by atoms with Gasteiger partial charge in [0.2, 0.25) is 5.95 Å². The lowest BCUT2D eigenvalue weighted by Crippen LogP contribution is -2.27. The van der Waals surface area contributed by atoms with E-state index in [4.69, 9.17) is 0 Å². The SMILES string of the molecule is C=CCNc1nncc(NC(C)(C)C)n1. The van der Waals surface area contributed by atoms with Gasteiger partial charge in [-0.3, -0.25) is 0 Å². The van der Waals surface area contributed by atoms with E-state index in [0.29, 0.717) is 18.3 Å². The number of rotatable bonds is 4. The third-order valence-corrected chi connectivity index (χ3v) is 1.47. The van der Waals surface area contributed by atoms with Crippen molar-refractivity contribution in [2.45, 2.75) is 26.3 Å². The molecular formula is C10H17N5. The van der Waals surface area contributed by atoms with E-state index in [2.05, 4.69) is 53.2 Å². The maximum absolute atomic E-state index is 4.25. The molecule has 0 amide bonds. The first-order chi connectivity index (χ1) is 7.01. The quantitative estimate of drug-likeness (QED) is 0.735. The highest BCUT2D eigenvalue weighted by molar-refractivity contribution is 5.39. The van der Waals surface area contributed by atoms with Crippen molar-refractivity contribution in [3.05, 3.63) is 18.9 Å². The summed E-state index contributed by atoms with van der Waals surface area (Å²) in [4.78, 5) is 4.25. The van der Waals surface area contributed by atoms with Crippen molar-refractivity contribution in [3.8, 4) is 0 Å². The van der Waals surface area contributed by atoms with Gasteiger partial charge in [-0.25, -0.2) is 0 Å². The predicted octanol–water partition coefficient (Wildman–Crippen LogP) is 1.68. The second-order valence-electron chi connectivity index (χ2n) is 4.21. The Morgan fingerprint density at radius 2 is 2.20 bits per heavy atom. The topological polar surface area (TPSA) is 62.7 Å². The van der Waals surface area contributed by atoms with Gasteiger partial charge in [-0.15, -0.1) is 11.7 Å². The Bertz CT molecular complexity index is 329. The number of nitrogens with one attached hydrogen (secondary N) is 2. The van der Waals surface area contributed by atoms with Crippen LogP contribution in [0, 0.1) is 0 Å². The molecule has 1 aromatic rings. The molecule has 2 N–H and O–H groups in total. The fourth-order valence-corrected chi connectivity index (χ4v) is 0.986. The standard InChI is InChI=1S/C10H17N5/c1-5-6-11-9-13-8(7-12-15-9)14-10(2,3)4/h5,7H,1,6H2,2-4H3,(H2,11,13,14,15). The Morgan fingerprint density at radius 1 is 1.47 bits per heavy atom. The van der Waals surface area contributed by atoms with Crippen LogP contribution >= 0.6 is 0 Å². The first-order valence-electron chi connectivity index (χ1n) is 4.84. The average Bonchev–Trinajstić information content (AvgIpc) is 2.12. The summed E-state index contributed by atoms with van der Waals surface area (Å²) in [5.74, 6) is 1.22. The zero-order valence-electron chi connectivity index (χ0n) is 9.41. The molecule has 0 aliphatic carbocycles. The molecule has 0 unspecified atom stereocenters. The molecule has 0 aliphatic heterocycles. The second-order valence-corrected chi connectivity index (χ2v) is 4.21. The summed E-state index contributed by atoms with van der Waals surface area (Å²) < 4.78 is 0. The van der Waals surface area contributed by atoms with Gasteiger partial charge in [-0.2, -0.15) is 10.1 Å². The van der Waals surface area contributed by atoms with Crippen LogP contribution in [0.25, 0.3) is 0 Å². The van der Waals surface area contributed by atoms with Crippen molar-refractivity contribution >= 4 is 11.8 Å². The monoisotopic (exact) mass is 207 g/mol. The Kier molecular flexibility index (Phi) is 3.60. The Morgan fingerprint density at radius 3 is 2.80 bits per heavy atom. The van der Waals surface area contributed by atoms with Gasteiger partial charge in [0.05, 0.1) is 6.20 Å². The van der Waals surface area contributed by atoms with Crippen molar-refractivity contribution < 1.29 is 0 Å². The van der Waals surface area contributed by atoms with Crippen molar-refractivity contribution in [2.75, 3.05) is 17.2 Å².